The molecule has 12 aromatic rings. The van der Waals surface area contributed by atoms with Gasteiger partial charge in [0.15, 0.2) is 0 Å². The van der Waals surface area contributed by atoms with Crippen molar-refractivity contribution in [3.8, 4) is 34.5 Å². The zero-order valence-electron chi connectivity index (χ0n) is 36.6. The number of benzene rings is 12. The minimum atomic E-state index is -3.44. The van der Waals surface area contributed by atoms with Crippen LogP contribution in [0.3, 0.4) is 0 Å². The molecule has 0 heterocycles. The fourth-order valence-electron chi connectivity index (χ4n) is 7.49. The Balaban J connectivity index is 0.000000148. The Morgan fingerprint density at radius 2 is 0.412 bits per heavy atom. The predicted octanol–water partition coefficient (Wildman–Crippen LogP) is 13.0. The molecule has 68 heavy (non-hydrogen) atoms. The van der Waals surface area contributed by atoms with E-state index in [0.29, 0.717) is 0 Å². The standard InChI is InChI=1S/6C10H8O.2Bi/c6*11-10-6-5-8-3-1-2-4-9(8)7-10;;/h6*1-7,11H;;/q;;;;;;2*+3/p-6. The topological polar surface area (TPSA) is 96.9 Å². The van der Waals surface area contributed by atoms with Crippen molar-refractivity contribution < 1.29 is 23.8 Å². The van der Waals surface area contributed by atoms with Gasteiger partial charge in [-0.15, -0.1) is 17.2 Å². The van der Waals surface area contributed by atoms with Gasteiger partial charge in [0.1, 0.15) is 0 Å². The Kier molecular flexibility index (Phi) is 16.0. The number of hydrogen-bond acceptors (Lipinski definition) is 6. The van der Waals surface area contributed by atoms with E-state index in [4.69, 9.17) is 8.44 Å². The first kappa shape index (κ1) is 47.3. The van der Waals surface area contributed by atoms with E-state index in [2.05, 4.69) is 54.6 Å². The summed E-state index contributed by atoms with van der Waals surface area (Å²) in [5, 5.41) is 45.9. The number of fused-ring (bicyclic) bond motifs is 6. The van der Waals surface area contributed by atoms with Gasteiger partial charge in [0.05, 0.1) is 0 Å². The quantitative estimate of drug-likeness (QED) is 0.154. The zero-order chi connectivity index (χ0) is 45.8. The molecule has 328 valence electrons. The molecule has 0 aliphatic heterocycles. The van der Waals surface area contributed by atoms with E-state index >= 15 is 0 Å². The molecule has 0 aliphatic rings. The number of rotatable bonds is 6. The van der Waals surface area contributed by atoms with Crippen LogP contribution in [-0.4, -0.2) is 49.3 Å². The van der Waals surface area contributed by atoms with Crippen molar-refractivity contribution in [3.05, 3.63) is 255 Å². The predicted molar refractivity (Wildman–Crippen MR) is 275 cm³/mol. The van der Waals surface area contributed by atoms with Gasteiger partial charge in [0.2, 0.25) is 0 Å². The van der Waals surface area contributed by atoms with Gasteiger partial charge >= 0.3 is 235 Å². The normalized spacial score (nSPS) is 10.5. The molecule has 0 atom stereocenters. The van der Waals surface area contributed by atoms with Crippen LogP contribution in [0, 0.1) is 0 Å². The molecule has 0 saturated carbocycles. The molecule has 0 spiro atoms. The van der Waals surface area contributed by atoms with E-state index in [1.165, 1.54) is 16.2 Å². The van der Waals surface area contributed by atoms with Crippen molar-refractivity contribution in [1.82, 2.24) is 0 Å². The summed E-state index contributed by atoms with van der Waals surface area (Å²) in [6, 6.07) is 81.8. The molecule has 0 fully saturated rings. The molecule has 0 amide bonds. The summed E-state index contributed by atoms with van der Waals surface area (Å²) in [5.41, 5.74) is 0. The van der Waals surface area contributed by atoms with Gasteiger partial charge in [0.25, 0.3) is 0 Å². The van der Waals surface area contributed by atoms with Gasteiger partial charge < -0.3 is 15.3 Å². The van der Waals surface area contributed by atoms with E-state index in [-0.39, 0.29) is 43.5 Å². The van der Waals surface area contributed by atoms with Crippen LogP contribution in [0.2, 0.25) is 0 Å². The van der Waals surface area contributed by atoms with Gasteiger partial charge in [0, 0.05) is 0 Å². The molecule has 8 heteroatoms. The van der Waals surface area contributed by atoms with Crippen molar-refractivity contribution in [3.63, 3.8) is 0 Å². The van der Waals surface area contributed by atoms with Gasteiger partial charge in [-0.3, -0.25) is 0 Å². The summed E-state index contributed by atoms with van der Waals surface area (Å²) in [5.74, 6) is 2.50. The maximum atomic E-state index is 10.9. The fraction of sp³-hybridized carbons (Fsp3) is 0. The van der Waals surface area contributed by atoms with Crippen molar-refractivity contribution in [2.24, 2.45) is 0 Å². The van der Waals surface area contributed by atoms with Gasteiger partial charge in [-0.05, 0) is 32.3 Å². The molecule has 0 unspecified atom stereocenters. The second-order valence-corrected chi connectivity index (χ2v) is 19.4. The van der Waals surface area contributed by atoms with Crippen LogP contribution in [0.1, 0.15) is 0 Å². The zero-order valence-corrected chi connectivity index (χ0v) is 43.5. The molecule has 6 nitrogen and oxygen atoms in total. The van der Waals surface area contributed by atoms with Crippen LogP contribution in [0.5, 0.6) is 34.5 Å². The Morgan fingerprint density at radius 1 is 0.221 bits per heavy atom. The fourth-order valence-corrected chi connectivity index (χ4v) is 11.3. The van der Waals surface area contributed by atoms with E-state index in [1.54, 1.807) is 36.4 Å². The SMILES string of the molecule is [Bi+3].[O-]c1ccc2ccccc2c1.[O-]c1ccc2ccccc2c1.[O-]c1ccc2ccccc2c1.c1ccc2cc([O][Bi]([O]c3ccc4ccccc4c3)[O]c3ccc4ccccc4c3)ccc2c1. The summed E-state index contributed by atoms with van der Waals surface area (Å²) in [4.78, 5) is 0. The van der Waals surface area contributed by atoms with E-state index in [1.807, 2.05) is 164 Å². The van der Waals surface area contributed by atoms with Crippen LogP contribution < -0.4 is 23.8 Å². The second-order valence-electron chi connectivity index (χ2n) is 15.6. The Bertz CT molecular complexity index is 3220. The molecular formula is C60H42Bi2O6. The molecule has 2 radical (unpaired) electrons. The summed E-state index contributed by atoms with van der Waals surface area (Å²) in [6.07, 6.45) is 0. The Hall–Kier alpha value is -7.23. The van der Waals surface area contributed by atoms with E-state index in [9.17, 15) is 15.3 Å². The van der Waals surface area contributed by atoms with Crippen molar-refractivity contribution in [2.75, 3.05) is 0 Å². The molecule has 0 aliphatic carbocycles. The Labute approximate surface area is 423 Å². The molecule has 0 saturated heterocycles. The van der Waals surface area contributed by atoms with Crippen molar-refractivity contribution in [2.45, 2.75) is 0 Å². The third-order valence-corrected chi connectivity index (χ3v) is 15.1. The maximum absolute atomic E-state index is 10.9. The van der Waals surface area contributed by atoms with E-state index in [0.717, 1.165) is 65.7 Å². The van der Waals surface area contributed by atoms with Crippen LogP contribution >= 0.6 is 0 Å². The molecule has 12 rings (SSSR count). The summed E-state index contributed by atoms with van der Waals surface area (Å²) >= 11 is -3.44. The average Bonchev–Trinajstić information content (AvgIpc) is 3.36. The molecule has 0 N–H and O–H groups in total. The Morgan fingerprint density at radius 3 is 0.647 bits per heavy atom. The van der Waals surface area contributed by atoms with Crippen LogP contribution in [0.25, 0.3) is 64.6 Å². The summed E-state index contributed by atoms with van der Waals surface area (Å²) < 4.78 is 19.2. The molecule has 0 aromatic heterocycles. The molecule has 0 bridgehead atoms. The van der Waals surface area contributed by atoms with Gasteiger partial charge in [-0.25, -0.2) is 0 Å². The van der Waals surface area contributed by atoms with Crippen molar-refractivity contribution >= 4 is 114 Å². The first-order valence-electron chi connectivity index (χ1n) is 21.7. The second kappa shape index (κ2) is 23.0. The van der Waals surface area contributed by atoms with E-state index < -0.39 is 23.1 Å². The number of hydrogen-bond donors (Lipinski definition) is 0. The minimum absolute atomic E-state index is 0. The van der Waals surface area contributed by atoms with Crippen LogP contribution in [-0.2, 0) is 0 Å². The van der Waals surface area contributed by atoms with Gasteiger partial charge in [-0.1, -0.05) is 127 Å². The monoisotopic (exact) mass is 1280 g/mol. The summed E-state index contributed by atoms with van der Waals surface area (Å²) in [6.45, 7) is 0. The first-order chi connectivity index (χ1) is 32.9. The first-order valence-corrected chi connectivity index (χ1v) is 25.9. The van der Waals surface area contributed by atoms with Crippen LogP contribution in [0.4, 0.5) is 0 Å². The molecule has 12 aromatic carbocycles. The average molecular weight is 1280 g/mol. The summed E-state index contributed by atoms with van der Waals surface area (Å²) in [7, 11) is 0. The van der Waals surface area contributed by atoms with Crippen LogP contribution in [0.15, 0.2) is 255 Å². The van der Waals surface area contributed by atoms with Gasteiger partial charge in [-0.2, -0.15) is 0 Å². The third-order valence-electron chi connectivity index (χ3n) is 10.9. The molecular weight excluding hydrogens is 1230 g/mol. The van der Waals surface area contributed by atoms with Crippen molar-refractivity contribution in [1.29, 1.82) is 0 Å². The third kappa shape index (κ3) is 12.6.